The molecule has 0 atom stereocenters. The predicted octanol–water partition coefficient (Wildman–Crippen LogP) is 2.12. The summed E-state index contributed by atoms with van der Waals surface area (Å²) < 4.78 is 0. The predicted molar refractivity (Wildman–Crippen MR) is 56.8 cm³/mol. The lowest BCUT2D eigenvalue weighted by Crippen LogP contribution is -2.08. The van der Waals surface area contributed by atoms with Crippen LogP contribution in [0.25, 0.3) is 0 Å². The van der Waals surface area contributed by atoms with Crippen molar-refractivity contribution in [2.45, 2.75) is 20.3 Å². The maximum atomic E-state index is 10.9. The van der Waals surface area contributed by atoms with Crippen LogP contribution in [0.3, 0.4) is 0 Å². The van der Waals surface area contributed by atoms with Crippen LogP contribution in [0.15, 0.2) is 18.2 Å². The van der Waals surface area contributed by atoms with Gasteiger partial charge in [-0.25, -0.2) is 0 Å². The summed E-state index contributed by atoms with van der Waals surface area (Å²) in [5.41, 5.74) is 1.12. The number of hydrogen-bond donors (Lipinski definition) is 1. The highest BCUT2D eigenvalue weighted by Crippen LogP contribution is 2.25. The van der Waals surface area contributed by atoms with E-state index in [1.54, 1.807) is 12.1 Å². The Balaban J connectivity index is 3.16. The second kappa shape index (κ2) is 4.54. The fourth-order valence-corrected chi connectivity index (χ4v) is 1.25. The lowest BCUT2D eigenvalue weighted by atomic mass is 10.1. The van der Waals surface area contributed by atoms with Gasteiger partial charge >= 0.3 is 0 Å². The van der Waals surface area contributed by atoms with Gasteiger partial charge in [-0.15, -0.1) is 0 Å². The van der Waals surface area contributed by atoms with E-state index in [1.165, 1.54) is 13.0 Å². The minimum atomic E-state index is -0.509. The molecule has 0 unspecified atom stereocenters. The van der Waals surface area contributed by atoms with Crippen LogP contribution in [0.2, 0.25) is 0 Å². The largest absolute Gasteiger partial charge is 0.321 e. The molecule has 0 saturated carbocycles. The van der Waals surface area contributed by atoms with E-state index >= 15 is 0 Å². The number of aryl methyl sites for hydroxylation is 1. The Morgan fingerprint density at radius 2 is 2.20 bits per heavy atom. The molecule has 5 heteroatoms. The van der Waals surface area contributed by atoms with Gasteiger partial charge in [0.2, 0.25) is 5.91 Å². The minimum Gasteiger partial charge on any atom is -0.321 e. The number of nitrogens with one attached hydrogen (secondary N) is 1. The molecule has 0 aliphatic carbocycles. The van der Waals surface area contributed by atoms with Gasteiger partial charge in [0, 0.05) is 13.0 Å². The van der Waals surface area contributed by atoms with Crippen LogP contribution in [0.1, 0.15) is 19.4 Å². The quantitative estimate of drug-likeness (QED) is 0.610. The Morgan fingerprint density at radius 3 is 2.67 bits per heavy atom. The molecule has 1 rings (SSSR count). The van der Waals surface area contributed by atoms with Gasteiger partial charge in [-0.1, -0.05) is 13.0 Å². The highest BCUT2D eigenvalue weighted by Gasteiger charge is 2.14. The Kier molecular flexibility index (Phi) is 3.38. The molecule has 1 aromatic rings. The molecule has 5 nitrogen and oxygen atoms in total. The zero-order chi connectivity index (χ0) is 11.4. The molecule has 1 amide bonds. The number of nitro benzene ring substituents is 1. The monoisotopic (exact) mass is 208 g/mol. The third-order valence-corrected chi connectivity index (χ3v) is 1.98. The van der Waals surface area contributed by atoms with Crippen LogP contribution in [-0.2, 0) is 11.2 Å². The molecular formula is C10H12N2O3. The van der Waals surface area contributed by atoms with Crippen LogP contribution in [0, 0.1) is 10.1 Å². The van der Waals surface area contributed by atoms with E-state index in [0.29, 0.717) is 0 Å². The highest BCUT2D eigenvalue weighted by atomic mass is 16.6. The average molecular weight is 208 g/mol. The summed E-state index contributed by atoms with van der Waals surface area (Å²) in [6.45, 7) is 3.26. The molecule has 1 N–H and O–H groups in total. The second-order valence-electron chi connectivity index (χ2n) is 3.14. The first kappa shape index (κ1) is 11.2. The summed E-state index contributed by atoms with van der Waals surface area (Å²) in [7, 11) is 0. The van der Waals surface area contributed by atoms with E-state index in [0.717, 1.165) is 12.0 Å². The van der Waals surface area contributed by atoms with Crippen molar-refractivity contribution >= 4 is 17.3 Å². The maximum Gasteiger partial charge on any atom is 0.292 e. The molecule has 1 aromatic carbocycles. The van der Waals surface area contributed by atoms with Gasteiger partial charge in [0.1, 0.15) is 5.69 Å². The zero-order valence-electron chi connectivity index (χ0n) is 8.61. The molecule has 0 saturated heterocycles. The Hall–Kier alpha value is -1.91. The lowest BCUT2D eigenvalue weighted by molar-refractivity contribution is -0.383. The van der Waals surface area contributed by atoms with Gasteiger partial charge in [0.05, 0.1) is 4.92 Å². The topological polar surface area (TPSA) is 72.2 Å². The van der Waals surface area contributed by atoms with Gasteiger partial charge < -0.3 is 5.32 Å². The summed E-state index contributed by atoms with van der Waals surface area (Å²) in [5.74, 6) is -0.314. The van der Waals surface area contributed by atoms with Crippen LogP contribution >= 0.6 is 0 Å². The van der Waals surface area contributed by atoms with Crippen molar-refractivity contribution in [2.24, 2.45) is 0 Å². The zero-order valence-corrected chi connectivity index (χ0v) is 8.61. The van der Waals surface area contributed by atoms with E-state index in [2.05, 4.69) is 5.32 Å². The number of carbonyl (C=O) groups excluding carboxylic acids is 1. The summed E-state index contributed by atoms with van der Waals surface area (Å²) in [6.07, 6.45) is 0.768. The first-order valence-corrected chi connectivity index (χ1v) is 4.59. The first-order chi connectivity index (χ1) is 7.04. The standard InChI is InChI=1S/C10H12N2O3/c1-3-8-4-5-10(12(14)15)9(6-8)11-7(2)13/h4-6H,3H2,1-2H3,(H,11,13). The minimum absolute atomic E-state index is 0.0811. The van der Waals surface area contributed by atoms with Crippen LogP contribution in [-0.4, -0.2) is 10.8 Å². The van der Waals surface area contributed by atoms with E-state index < -0.39 is 4.92 Å². The highest BCUT2D eigenvalue weighted by molar-refractivity contribution is 5.91. The molecule has 0 heterocycles. The van der Waals surface area contributed by atoms with Crippen LogP contribution < -0.4 is 5.32 Å². The number of amides is 1. The molecule has 0 fully saturated rings. The third-order valence-electron chi connectivity index (χ3n) is 1.98. The number of hydrogen-bond acceptors (Lipinski definition) is 3. The van der Waals surface area contributed by atoms with Crippen molar-refractivity contribution in [3.63, 3.8) is 0 Å². The van der Waals surface area contributed by atoms with Gasteiger partial charge in [-0.05, 0) is 18.1 Å². The van der Waals surface area contributed by atoms with Crippen molar-refractivity contribution in [1.82, 2.24) is 0 Å². The van der Waals surface area contributed by atoms with E-state index in [-0.39, 0.29) is 17.3 Å². The number of benzene rings is 1. The summed E-state index contributed by atoms with van der Waals surface area (Å²) in [4.78, 5) is 21.0. The first-order valence-electron chi connectivity index (χ1n) is 4.59. The Bertz CT molecular complexity index is 402. The van der Waals surface area contributed by atoms with E-state index in [1.807, 2.05) is 6.92 Å². The summed E-state index contributed by atoms with van der Waals surface area (Å²) in [6, 6.07) is 4.72. The molecule has 15 heavy (non-hydrogen) atoms. The molecule has 0 spiro atoms. The van der Waals surface area contributed by atoms with Crippen molar-refractivity contribution in [1.29, 1.82) is 0 Å². The molecular weight excluding hydrogens is 196 g/mol. The fraction of sp³-hybridized carbons (Fsp3) is 0.300. The van der Waals surface area contributed by atoms with Crippen LogP contribution in [0.4, 0.5) is 11.4 Å². The van der Waals surface area contributed by atoms with Crippen LogP contribution in [0.5, 0.6) is 0 Å². The SMILES string of the molecule is CCc1ccc([N+](=O)[O-])c(NC(C)=O)c1. The number of nitrogens with zero attached hydrogens (tertiary/aromatic N) is 1. The van der Waals surface area contributed by atoms with Crippen molar-refractivity contribution in [3.05, 3.63) is 33.9 Å². The van der Waals surface area contributed by atoms with Gasteiger partial charge in [0.15, 0.2) is 0 Å². The smallest absolute Gasteiger partial charge is 0.292 e. The van der Waals surface area contributed by atoms with Crippen molar-refractivity contribution in [3.8, 4) is 0 Å². The van der Waals surface area contributed by atoms with Crippen molar-refractivity contribution < 1.29 is 9.72 Å². The Morgan fingerprint density at radius 1 is 1.53 bits per heavy atom. The van der Waals surface area contributed by atoms with E-state index in [4.69, 9.17) is 0 Å². The molecule has 0 aliphatic heterocycles. The average Bonchev–Trinajstić information content (AvgIpc) is 2.16. The van der Waals surface area contributed by atoms with Gasteiger partial charge in [0.25, 0.3) is 5.69 Å². The third kappa shape index (κ3) is 2.77. The number of rotatable bonds is 3. The molecule has 80 valence electrons. The number of nitro groups is 1. The van der Waals surface area contributed by atoms with Gasteiger partial charge in [-0.3, -0.25) is 14.9 Å². The van der Waals surface area contributed by atoms with Gasteiger partial charge in [-0.2, -0.15) is 0 Å². The second-order valence-corrected chi connectivity index (χ2v) is 3.14. The molecule has 0 aromatic heterocycles. The van der Waals surface area contributed by atoms with E-state index in [9.17, 15) is 14.9 Å². The molecule has 0 radical (unpaired) electrons. The maximum absolute atomic E-state index is 10.9. The molecule has 0 bridgehead atoms. The summed E-state index contributed by atoms with van der Waals surface area (Å²) >= 11 is 0. The van der Waals surface area contributed by atoms with Crippen molar-refractivity contribution in [2.75, 3.05) is 5.32 Å². The molecule has 0 aliphatic rings. The summed E-state index contributed by atoms with van der Waals surface area (Å²) in [5, 5.41) is 13.1. The number of anilines is 1. The number of carbonyl (C=O) groups is 1. The normalized spacial score (nSPS) is 9.73. The lowest BCUT2D eigenvalue weighted by Gasteiger charge is -2.05. The fourth-order valence-electron chi connectivity index (χ4n) is 1.25. The Labute approximate surface area is 87.3 Å².